The lowest BCUT2D eigenvalue weighted by atomic mass is 9.87. The molecule has 1 saturated heterocycles. The molecule has 0 aliphatic carbocycles. The molecule has 1 aromatic rings. The van der Waals surface area contributed by atoms with Gasteiger partial charge >= 0.3 is 0 Å². The molecular formula is C16H24BrNO3. The average molecular weight is 358 g/mol. The first-order chi connectivity index (χ1) is 10.1. The normalized spacial score (nSPS) is 23.1. The third-order valence-electron chi connectivity index (χ3n) is 4.13. The van der Waals surface area contributed by atoms with E-state index in [1.807, 2.05) is 6.07 Å². The number of benzene rings is 1. The number of ether oxygens (including phenoxy) is 3. The summed E-state index contributed by atoms with van der Waals surface area (Å²) in [6.07, 6.45) is 1.30. The van der Waals surface area contributed by atoms with Crippen molar-refractivity contribution < 1.29 is 14.2 Å². The van der Waals surface area contributed by atoms with Crippen molar-refractivity contribution in [3.8, 4) is 11.5 Å². The third-order valence-corrected chi connectivity index (χ3v) is 4.75. The van der Waals surface area contributed by atoms with Crippen LogP contribution >= 0.6 is 15.9 Å². The van der Waals surface area contributed by atoms with Crippen LogP contribution in [0, 0.1) is 5.92 Å². The summed E-state index contributed by atoms with van der Waals surface area (Å²) in [5.41, 5.74) is 1.13. The fourth-order valence-corrected chi connectivity index (χ4v) is 3.51. The summed E-state index contributed by atoms with van der Waals surface area (Å²) >= 11 is 3.52. The Labute approximate surface area is 135 Å². The van der Waals surface area contributed by atoms with Gasteiger partial charge in [0.25, 0.3) is 0 Å². The molecule has 3 unspecified atom stereocenters. The van der Waals surface area contributed by atoms with E-state index in [1.165, 1.54) is 0 Å². The largest absolute Gasteiger partial charge is 0.496 e. The molecule has 0 aromatic heterocycles. The quantitative estimate of drug-likeness (QED) is 0.844. The van der Waals surface area contributed by atoms with Crippen molar-refractivity contribution in [2.45, 2.75) is 32.4 Å². The molecular weight excluding hydrogens is 334 g/mol. The van der Waals surface area contributed by atoms with Crippen LogP contribution in [0.2, 0.25) is 0 Å². The molecule has 1 N–H and O–H groups in total. The zero-order valence-electron chi connectivity index (χ0n) is 13.1. The summed E-state index contributed by atoms with van der Waals surface area (Å²) in [6, 6.07) is 4.23. The van der Waals surface area contributed by atoms with Gasteiger partial charge in [-0.1, -0.05) is 6.92 Å². The Bertz CT molecular complexity index is 481. The van der Waals surface area contributed by atoms with Gasteiger partial charge in [0.05, 0.1) is 24.8 Å². The molecule has 0 bridgehead atoms. The smallest absolute Gasteiger partial charge is 0.133 e. The van der Waals surface area contributed by atoms with Gasteiger partial charge in [-0.25, -0.2) is 0 Å². The Morgan fingerprint density at radius 1 is 1.33 bits per heavy atom. The monoisotopic (exact) mass is 357 g/mol. The molecule has 0 radical (unpaired) electrons. The highest BCUT2D eigenvalue weighted by molar-refractivity contribution is 9.10. The van der Waals surface area contributed by atoms with Gasteiger partial charge < -0.3 is 19.5 Å². The van der Waals surface area contributed by atoms with Crippen LogP contribution in [-0.4, -0.2) is 33.5 Å². The third kappa shape index (κ3) is 3.52. The lowest BCUT2D eigenvalue weighted by Gasteiger charge is -2.28. The molecule has 1 fully saturated rings. The molecule has 0 saturated carbocycles. The van der Waals surface area contributed by atoms with E-state index >= 15 is 0 Å². The molecule has 1 aliphatic rings. The van der Waals surface area contributed by atoms with Crippen molar-refractivity contribution >= 4 is 15.9 Å². The van der Waals surface area contributed by atoms with Crippen molar-refractivity contribution in [1.29, 1.82) is 0 Å². The van der Waals surface area contributed by atoms with Gasteiger partial charge in [0.1, 0.15) is 11.5 Å². The van der Waals surface area contributed by atoms with Crippen LogP contribution in [0.3, 0.4) is 0 Å². The van der Waals surface area contributed by atoms with Gasteiger partial charge in [-0.15, -0.1) is 0 Å². The summed E-state index contributed by atoms with van der Waals surface area (Å²) in [4.78, 5) is 0. The number of hydrogen-bond acceptors (Lipinski definition) is 4. The summed E-state index contributed by atoms with van der Waals surface area (Å²) in [5.74, 6) is 2.12. The first kappa shape index (κ1) is 16.6. The molecule has 0 spiro atoms. The van der Waals surface area contributed by atoms with Gasteiger partial charge in [-0.3, -0.25) is 0 Å². The molecule has 1 aliphatic heterocycles. The Balaban J connectivity index is 2.43. The van der Waals surface area contributed by atoms with Gasteiger partial charge in [0.15, 0.2) is 0 Å². The lowest BCUT2D eigenvalue weighted by molar-refractivity contribution is 0.0952. The predicted octanol–water partition coefficient (Wildman–Crippen LogP) is 3.54. The molecule has 2 rings (SSSR count). The topological polar surface area (TPSA) is 39.7 Å². The van der Waals surface area contributed by atoms with Crippen LogP contribution in [0.1, 0.15) is 31.9 Å². The van der Waals surface area contributed by atoms with Gasteiger partial charge in [-0.05, 0) is 48.0 Å². The van der Waals surface area contributed by atoms with Crippen LogP contribution in [-0.2, 0) is 4.74 Å². The fraction of sp³-hybridized carbons (Fsp3) is 0.625. The molecule has 3 atom stereocenters. The number of nitrogens with one attached hydrogen (secondary N) is 1. The standard InChI is InChI=1S/C16H24BrNO3/c1-5-18-16(11-6-7-21-10(11)2)12-8-15(20-4)13(17)9-14(12)19-3/h8-11,16,18H,5-7H2,1-4H3. The zero-order chi connectivity index (χ0) is 15.4. The molecule has 4 nitrogen and oxygen atoms in total. The molecule has 0 amide bonds. The van der Waals surface area contributed by atoms with E-state index in [2.05, 4.69) is 41.2 Å². The predicted molar refractivity (Wildman–Crippen MR) is 87.2 cm³/mol. The maximum Gasteiger partial charge on any atom is 0.133 e. The first-order valence-electron chi connectivity index (χ1n) is 7.38. The van der Waals surface area contributed by atoms with Gasteiger partial charge in [-0.2, -0.15) is 0 Å². The number of hydrogen-bond donors (Lipinski definition) is 1. The fourth-order valence-electron chi connectivity index (χ4n) is 3.02. The second-order valence-electron chi connectivity index (χ2n) is 5.29. The number of methoxy groups -OCH3 is 2. The first-order valence-corrected chi connectivity index (χ1v) is 8.18. The van der Waals surface area contributed by atoms with Crippen LogP contribution in [0.25, 0.3) is 0 Å². The van der Waals surface area contributed by atoms with Crippen molar-refractivity contribution in [3.63, 3.8) is 0 Å². The summed E-state index contributed by atoms with van der Waals surface area (Å²) in [6.45, 7) is 5.99. The highest BCUT2D eigenvalue weighted by Gasteiger charge is 2.34. The molecule has 118 valence electrons. The Morgan fingerprint density at radius 2 is 2.05 bits per heavy atom. The maximum absolute atomic E-state index is 5.75. The number of halogens is 1. The van der Waals surface area contributed by atoms with Gasteiger partial charge in [0.2, 0.25) is 0 Å². The summed E-state index contributed by atoms with van der Waals surface area (Å²) < 4.78 is 17.7. The van der Waals surface area contributed by atoms with Crippen LogP contribution < -0.4 is 14.8 Å². The van der Waals surface area contributed by atoms with Crippen LogP contribution in [0.5, 0.6) is 11.5 Å². The zero-order valence-corrected chi connectivity index (χ0v) is 14.7. The maximum atomic E-state index is 5.75. The van der Waals surface area contributed by atoms with E-state index in [1.54, 1.807) is 14.2 Å². The van der Waals surface area contributed by atoms with E-state index < -0.39 is 0 Å². The molecule has 21 heavy (non-hydrogen) atoms. The second-order valence-corrected chi connectivity index (χ2v) is 6.15. The van der Waals surface area contributed by atoms with E-state index in [9.17, 15) is 0 Å². The Hall–Kier alpha value is -0.780. The van der Waals surface area contributed by atoms with E-state index in [0.29, 0.717) is 5.92 Å². The summed E-state index contributed by atoms with van der Waals surface area (Å²) in [7, 11) is 3.38. The van der Waals surface area contributed by atoms with E-state index in [4.69, 9.17) is 14.2 Å². The van der Waals surface area contributed by atoms with Gasteiger partial charge in [0, 0.05) is 24.1 Å². The average Bonchev–Trinajstić information content (AvgIpc) is 2.90. The highest BCUT2D eigenvalue weighted by atomic mass is 79.9. The second kappa shape index (κ2) is 7.47. The highest BCUT2D eigenvalue weighted by Crippen LogP contribution is 2.41. The number of rotatable bonds is 6. The van der Waals surface area contributed by atoms with E-state index in [-0.39, 0.29) is 12.1 Å². The van der Waals surface area contributed by atoms with E-state index in [0.717, 1.165) is 41.1 Å². The van der Waals surface area contributed by atoms with Crippen molar-refractivity contribution in [2.24, 2.45) is 5.92 Å². The molecule has 1 aromatic carbocycles. The minimum Gasteiger partial charge on any atom is -0.496 e. The van der Waals surface area contributed by atoms with Crippen LogP contribution in [0.4, 0.5) is 0 Å². The molecule has 5 heteroatoms. The van der Waals surface area contributed by atoms with Crippen molar-refractivity contribution in [1.82, 2.24) is 5.32 Å². The van der Waals surface area contributed by atoms with Crippen LogP contribution in [0.15, 0.2) is 16.6 Å². The Morgan fingerprint density at radius 3 is 2.57 bits per heavy atom. The Kier molecular flexibility index (Phi) is 5.90. The SMILES string of the molecule is CCNC(c1cc(OC)c(Br)cc1OC)C1CCOC1C. The minimum atomic E-state index is 0.199. The molecule has 1 heterocycles. The lowest BCUT2D eigenvalue weighted by Crippen LogP contribution is -2.32. The van der Waals surface area contributed by atoms with Crippen molar-refractivity contribution in [2.75, 3.05) is 27.4 Å². The summed E-state index contributed by atoms with van der Waals surface area (Å²) in [5, 5.41) is 3.59. The minimum absolute atomic E-state index is 0.199. The van der Waals surface area contributed by atoms with Crippen molar-refractivity contribution in [3.05, 3.63) is 22.2 Å².